The summed E-state index contributed by atoms with van der Waals surface area (Å²) in [5, 5.41) is 9.80. The van der Waals surface area contributed by atoms with Gasteiger partial charge < -0.3 is 9.84 Å². The number of aliphatic hydroxyl groups excluding tert-OH is 1. The summed E-state index contributed by atoms with van der Waals surface area (Å²) in [6.07, 6.45) is -0.112. The lowest BCUT2D eigenvalue weighted by atomic mass is 9.91. The third-order valence-corrected chi connectivity index (χ3v) is 5.47. The molecule has 1 heterocycles. The van der Waals surface area contributed by atoms with Crippen molar-refractivity contribution in [2.45, 2.75) is 45.4 Å². The Kier molecular flexibility index (Phi) is 7.19. The van der Waals surface area contributed by atoms with Crippen LogP contribution in [0.25, 0.3) is 11.1 Å². The molecule has 0 unspecified atom stereocenters. The fraction of sp³-hybridized carbons (Fsp3) is 0.478. The topological polar surface area (TPSA) is 32.7 Å². The minimum Gasteiger partial charge on any atom is -0.492 e. The third-order valence-electron chi connectivity index (χ3n) is 5.47. The number of piperidine rings is 1. The van der Waals surface area contributed by atoms with Crippen LogP contribution in [0.1, 0.15) is 42.9 Å². The Morgan fingerprint density at radius 1 is 1.07 bits per heavy atom. The summed E-state index contributed by atoms with van der Waals surface area (Å²) in [5.41, 5.74) is 1.82. The van der Waals surface area contributed by atoms with E-state index >= 15 is 0 Å². The summed E-state index contributed by atoms with van der Waals surface area (Å²) in [5.74, 6) is 0.675. The van der Waals surface area contributed by atoms with Crippen LogP contribution in [0.15, 0.2) is 36.4 Å². The molecule has 0 spiro atoms. The molecule has 158 valence electrons. The van der Waals surface area contributed by atoms with Crippen LogP contribution in [0.4, 0.5) is 13.2 Å². The van der Waals surface area contributed by atoms with E-state index in [1.54, 1.807) is 12.1 Å². The first kappa shape index (κ1) is 21.7. The summed E-state index contributed by atoms with van der Waals surface area (Å²) in [6.45, 7) is 5.25. The predicted molar refractivity (Wildman–Crippen MR) is 108 cm³/mol. The number of nitrogens with zero attached hydrogens (tertiary/aromatic N) is 1. The molecule has 3 rings (SSSR count). The van der Waals surface area contributed by atoms with E-state index in [2.05, 4.69) is 4.90 Å². The van der Waals surface area contributed by atoms with Crippen molar-refractivity contribution in [3.63, 3.8) is 0 Å². The van der Waals surface area contributed by atoms with E-state index in [0.717, 1.165) is 37.3 Å². The molecule has 29 heavy (non-hydrogen) atoms. The van der Waals surface area contributed by atoms with Crippen LogP contribution < -0.4 is 4.74 Å². The molecule has 0 bridgehead atoms. The molecule has 1 N–H and O–H groups in total. The Morgan fingerprint density at radius 3 is 2.48 bits per heavy atom. The molecule has 0 atom stereocenters. The van der Waals surface area contributed by atoms with Crippen LogP contribution in [-0.4, -0.2) is 36.2 Å². The summed E-state index contributed by atoms with van der Waals surface area (Å²) in [7, 11) is 0. The highest BCUT2D eigenvalue weighted by atomic mass is 19.4. The molecule has 0 radical (unpaired) electrons. The van der Waals surface area contributed by atoms with E-state index in [1.807, 2.05) is 13.0 Å². The molecule has 1 aliphatic rings. The summed E-state index contributed by atoms with van der Waals surface area (Å²) in [6, 6.07) is 8.82. The lowest BCUT2D eigenvalue weighted by Gasteiger charge is -2.26. The molecule has 3 nitrogen and oxygen atoms in total. The van der Waals surface area contributed by atoms with E-state index in [1.165, 1.54) is 25.3 Å². The van der Waals surface area contributed by atoms with Gasteiger partial charge in [0.1, 0.15) is 12.4 Å². The molecule has 0 aromatic heterocycles. The first-order chi connectivity index (χ1) is 13.9. The molecule has 0 aliphatic carbocycles. The van der Waals surface area contributed by atoms with E-state index in [4.69, 9.17) is 4.74 Å². The number of likely N-dealkylation sites (tertiary alicyclic amines) is 1. The largest absolute Gasteiger partial charge is 0.492 e. The van der Waals surface area contributed by atoms with Crippen LogP contribution >= 0.6 is 0 Å². The molecule has 1 aliphatic heterocycles. The lowest BCUT2D eigenvalue weighted by molar-refractivity contribution is -0.137. The van der Waals surface area contributed by atoms with Crippen molar-refractivity contribution in [2.24, 2.45) is 0 Å². The number of alkyl halides is 3. The van der Waals surface area contributed by atoms with Gasteiger partial charge in [-0.05, 0) is 67.2 Å². The second-order valence-corrected chi connectivity index (χ2v) is 7.42. The van der Waals surface area contributed by atoms with Crippen LogP contribution in [0.2, 0.25) is 0 Å². The van der Waals surface area contributed by atoms with Crippen LogP contribution in [0.5, 0.6) is 5.75 Å². The fourth-order valence-corrected chi connectivity index (χ4v) is 3.97. The van der Waals surface area contributed by atoms with Gasteiger partial charge in [-0.25, -0.2) is 0 Å². The highest BCUT2D eigenvalue weighted by Gasteiger charge is 2.31. The van der Waals surface area contributed by atoms with Gasteiger partial charge in [-0.3, -0.25) is 4.90 Å². The second-order valence-electron chi connectivity index (χ2n) is 7.42. The normalized spacial score (nSPS) is 15.5. The second kappa shape index (κ2) is 9.63. The van der Waals surface area contributed by atoms with Crippen molar-refractivity contribution in [2.75, 3.05) is 26.2 Å². The van der Waals surface area contributed by atoms with E-state index in [0.29, 0.717) is 35.5 Å². The monoisotopic (exact) mass is 407 g/mol. The Bertz CT molecular complexity index is 814. The average Bonchev–Trinajstić information content (AvgIpc) is 2.73. The first-order valence-corrected chi connectivity index (χ1v) is 10.2. The Balaban J connectivity index is 1.89. The number of rotatable bonds is 7. The maximum absolute atomic E-state index is 13.2. The lowest BCUT2D eigenvalue weighted by Crippen LogP contribution is -2.33. The SMILES string of the molecule is CCc1c(OCCN2CCCCC2)ccc(CO)c1-c1cccc(C(F)(F)F)c1. The number of hydrogen-bond donors (Lipinski definition) is 1. The smallest absolute Gasteiger partial charge is 0.416 e. The molecule has 1 fully saturated rings. The van der Waals surface area contributed by atoms with Gasteiger partial charge in [0.15, 0.2) is 0 Å². The Morgan fingerprint density at radius 2 is 1.83 bits per heavy atom. The third kappa shape index (κ3) is 5.31. The van der Waals surface area contributed by atoms with E-state index < -0.39 is 11.7 Å². The maximum atomic E-state index is 13.2. The predicted octanol–water partition coefficient (Wildman–Crippen LogP) is 5.29. The van der Waals surface area contributed by atoms with Crippen LogP contribution in [0.3, 0.4) is 0 Å². The quantitative estimate of drug-likeness (QED) is 0.677. The van der Waals surface area contributed by atoms with Crippen molar-refractivity contribution in [1.82, 2.24) is 4.90 Å². The standard InChI is InChI=1S/C23H28F3NO2/c1-2-20-21(29-14-13-27-11-4-3-5-12-27)10-9-18(16-28)22(20)17-7-6-8-19(15-17)23(24,25)26/h6-10,15,28H,2-5,11-14,16H2,1H3. The number of hydrogen-bond acceptors (Lipinski definition) is 3. The molecule has 0 saturated carbocycles. The summed E-state index contributed by atoms with van der Waals surface area (Å²) < 4.78 is 45.6. The minimum absolute atomic E-state index is 0.243. The molecular formula is C23H28F3NO2. The van der Waals surface area contributed by atoms with Gasteiger partial charge >= 0.3 is 6.18 Å². The van der Waals surface area contributed by atoms with Crippen molar-refractivity contribution in [3.05, 3.63) is 53.1 Å². The Labute approximate surface area is 170 Å². The van der Waals surface area contributed by atoms with Crippen molar-refractivity contribution in [3.8, 4) is 16.9 Å². The van der Waals surface area contributed by atoms with Gasteiger partial charge in [-0.2, -0.15) is 13.2 Å². The number of benzene rings is 2. The fourth-order valence-electron chi connectivity index (χ4n) is 3.97. The molecule has 2 aromatic rings. The number of aliphatic hydroxyl groups is 1. The number of halogens is 3. The molecule has 6 heteroatoms. The van der Waals surface area contributed by atoms with Gasteiger partial charge in [0.2, 0.25) is 0 Å². The average molecular weight is 407 g/mol. The van der Waals surface area contributed by atoms with E-state index in [-0.39, 0.29) is 6.61 Å². The molecular weight excluding hydrogens is 379 g/mol. The maximum Gasteiger partial charge on any atom is 0.416 e. The van der Waals surface area contributed by atoms with Crippen molar-refractivity contribution in [1.29, 1.82) is 0 Å². The van der Waals surface area contributed by atoms with Crippen molar-refractivity contribution >= 4 is 0 Å². The van der Waals surface area contributed by atoms with Gasteiger partial charge in [0.05, 0.1) is 12.2 Å². The highest BCUT2D eigenvalue weighted by Crippen LogP contribution is 2.38. The van der Waals surface area contributed by atoms with Gasteiger partial charge in [-0.15, -0.1) is 0 Å². The zero-order valence-corrected chi connectivity index (χ0v) is 16.8. The minimum atomic E-state index is -4.41. The molecule has 2 aromatic carbocycles. The molecule has 0 amide bonds. The zero-order valence-electron chi connectivity index (χ0n) is 16.8. The molecule has 1 saturated heterocycles. The highest BCUT2D eigenvalue weighted by molar-refractivity contribution is 5.74. The van der Waals surface area contributed by atoms with Gasteiger partial charge in [-0.1, -0.05) is 31.5 Å². The summed E-state index contributed by atoms with van der Waals surface area (Å²) >= 11 is 0. The van der Waals surface area contributed by atoms with Crippen LogP contribution in [-0.2, 0) is 19.2 Å². The van der Waals surface area contributed by atoms with E-state index in [9.17, 15) is 18.3 Å². The summed E-state index contributed by atoms with van der Waals surface area (Å²) in [4.78, 5) is 2.38. The van der Waals surface area contributed by atoms with Crippen LogP contribution in [0, 0.1) is 0 Å². The van der Waals surface area contributed by atoms with Gasteiger partial charge in [0, 0.05) is 12.1 Å². The van der Waals surface area contributed by atoms with Gasteiger partial charge in [0.25, 0.3) is 0 Å². The van der Waals surface area contributed by atoms with Crippen molar-refractivity contribution < 1.29 is 23.0 Å². The number of ether oxygens (including phenoxy) is 1. The Hall–Kier alpha value is -2.05. The first-order valence-electron chi connectivity index (χ1n) is 10.2. The zero-order chi connectivity index (χ0) is 20.9.